The number of nitrogens with one attached hydrogen (secondary N) is 2. The normalized spacial score (nSPS) is 19.1. The van der Waals surface area contributed by atoms with E-state index in [0.717, 1.165) is 19.3 Å². The molecular formula is C13H24N2O. The third-order valence-corrected chi connectivity index (χ3v) is 3.51. The molecule has 3 heteroatoms. The Kier molecular flexibility index (Phi) is 5.53. The smallest absolute Gasteiger partial charge is 0.221 e. The fraction of sp³-hybridized carbons (Fsp3) is 0.769. The summed E-state index contributed by atoms with van der Waals surface area (Å²) in [7, 11) is 1.97. The van der Waals surface area contributed by atoms with Gasteiger partial charge in [0.05, 0.1) is 0 Å². The largest absolute Gasteiger partial charge is 0.356 e. The first-order chi connectivity index (χ1) is 7.72. The van der Waals surface area contributed by atoms with Crippen LogP contribution >= 0.6 is 0 Å². The molecule has 0 aliphatic heterocycles. The molecule has 0 aromatic carbocycles. The van der Waals surface area contributed by atoms with Crippen LogP contribution in [0.15, 0.2) is 12.7 Å². The van der Waals surface area contributed by atoms with Crippen molar-refractivity contribution in [1.82, 2.24) is 10.6 Å². The number of amides is 1. The minimum absolute atomic E-state index is 0.0521. The highest BCUT2D eigenvalue weighted by Gasteiger charge is 2.32. The molecule has 1 saturated carbocycles. The lowest BCUT2D eigenvalue weighted by Crippen LogP contribution is -2.48. The quantitative estimate of drug-likeness (QED) is 0.535. The van der Waals surface area contributed by atoms with Crippen molar-refractivity contribution in [2.24, 2.45) is 0 Å². The van der Waals surface area contributed by atoms with Gasteiger partial charge < -0.3 is 10.6 Å². The molecule has 0 saturated heterocycles. The Morgan fingerprint density at radius 2 is 2.06 bits per heavy atom. The van der Waals surface area contributed by atoms with Crippen LogP contribution in [0.3, 0.4) is 0 Å². The number of carbonyl (C=O) groups excluding carboxylic acids is 1. The summed E-state index contributed by atoms with van der Waals surface area (Å²) in [5.74, 6) is 0.165. The fourth-order valence-electron chi connectivity index (χ4n) is 2.43. The summed E-state index contributed by atoms with van der Waals surface area (Å²) in [5, 5.41) is 6.30. The monoisotopic (exact) mass is 224 g/mol. The van der Waals surface area contributed by atoms with Crippen LogP contribution in [0.5, 0.6) is 0 Å². The highest BCUT2D eigenvalue weighted by molar-refractivity contribution is 5.77. The van der Waals surface area contributed by atoms with Crippen molar-refractivity contribution in [2.45, 2.75) is 50.5 Å². The van der Waals surface area contributed by atoms with Gasteiger partial charge in [0.1, 0.15) is 0 Å². The zero-order chi connectivity index (χ0) is 11.9. The van der Waals surface area contributed by atoms with E-state index in [9.17, 15) is 4.79 Å². The van der Waals surface area contributed by atoms with E-state index >= 15 is 0 Å². The standard InChI is InChI=1S/C13H24N2O/c1-3-4-10-15-12(16)11-13(14-2)8-6-5-7-9-13/h3,14H,1,4-11H2,2H3,(H,15,16). The molecule has 1 aliphatic rings. The molecule has 0 radical (unpaired) electrons. The zero-order valence-corrected chi connectivity index (χ0v) is 10.3. The topological polar surface area (TPSA) is 41.1 Å². The minimum Gasteiger partial charge on any atom is -0.356 e. The molecule has 1 rings (SSSR count). The summed E-state index contributed by atoms with van der Waals surface area (Å²) in [6.07, 6.45) is 9.31. The van der Waals surface area contributed by atoms with Crippen LogP contribution < -0.4 is 10.6 Å². The summed E-state index contributed by atoms with van der Waals surface area (Å²) in [4.78, 5) is 11.8. The maximum absolute atomic E-state index is 11.8. The highest BCUT2D eigenvalue weighted by atomic mass is 16.1. The van der Waals surface area contributed by atoms with Crippen molar-refractivity contribution in [3.8, 4) is 0 Å². The van der Waals surface area contributed by atoms with Crippen LogP contribution in [0.4, 0.5) is 0 Å². The first-order valence-corrected chi connectivity index (χ1v) is 6.29. The predicted molar refractivity (Wildman–Crippen MR) is 67.3 cm³/mol. The third-order valence-electron chi connectivity index (χ3n) is 3.51. The van der Waals surface area contributed by atoms with Gasteiger partial charge in [0.15, 0.2) is 0 Å². The molecule has 1 aliphatic carbocycles. The van der Waals surface area contributed by atoms with Crippen LogP contribution in [0.2, 0.25) is 0 Å². The Hall–Kier alpha value is -0.830. The van der Waals surface area contributed by atoms with E-state index < -0.39 is 0 Å². The Balaban J connectivity index is 2.36. The SMILES string of the molecule is C=CCCNC(=O)CC1(NC)CCCCC1. The van der Waals surface area contributed by atoms with Gasteiger partial charge in [-0.15, -0.1) is 6.58 Å². The molecule has 92 valence electrons. The first kappa shape index (κ1) is 13.2. The van der Waals surface area contributed by atoms with E-state index in [1.54, 1.807) is 0 Å². The molecule has 1 fully saturated rings. The van der Waals surface area contributed by atoms with Gasteiger partial charge in [-0.2, -0.15) is 0 Å². The van der Waals surface area contributed by atoms with E-state index in [4.69, 9.17) is 0 Å². The highest BCUT2D eigenvalue weighted by Crippen LogP contribution is 2.30. The van der Waals surface area contributed by atoms with Gasteiger partial charge in [-0.1, -0.05) is 25.3 Å². The molecule has 0 bridgehead atoms. The summed E-state index contributed by atoms with van der Waals surface area (Å²) in [6.45, 7) is 4.35. The minimum atomic E-state index is 0.0521. The Bertz CT molecular complexity index is 232. The van der Waals surface area contributed by atoms with Crippen molar-refractivity contribution in [3.05, 3.63) is 12.7 Å². The van der Waals surface area contributed by atoms with Crippen molar-refractivity contribution >= 4 is 5.91 Å². The molecule has 0 aromatic heterocycles. The molecular weight excluding hydrogens is 200 g/mol. The van der Waals surface area contributed by atoms with E-state index in [1.807, 2.05) is 13.1 Å². The lowest BCUT2D eigenvalue weighted by Gasteiger charge is -2.36. The lowest BCUT2D eigenvalue weighted by molar-refractivity contribution is -0.122. The molecule has 3 nitrogen and oxygen atoms in total. The second-order valence-corrected chi connectivity index (χ2v) is 4.70. The van der Waals surface area contributed by atoms with Crippen LogP contribution in [-0.4, -0.2) is 25.0 Å². The molecule has 0 heterocycles. The third kappa shape index (κ3) is 3.97. The van der Waals surface area contributed by atoms with Crippen LogP contribution in [0.1, 0.15) is 44.9 Å². The number of rotatable bonds is 6. The van der Waals surface area contributed by atoms with Crippen molar-refractivity contribution < 1.29 is 4.79 Å². The van der Waals surface area contributed by atoms with Crippen molar-refractivity contribution in [3.63, 3.8) is 0 Å². The molecule has 2 N–H and O–H groups in total. The number of hydrogen-bond acceptors (Lipinski definition) is 2. The van der Waals surface area contributed by atoms with Crippen LogP contribution in [0, 0.1) is 0 Å². The summed E-state index contributed by atoms with van der Waals surface area (Å²) < 4.78 is 0. The molecule has 0 aromatic rings. The average molecular weight is 224 g/mol. The zero-order valence-electron chi connectivity index (χ0n) is 10.3. The van der Waals surface area contributed by atoms with Crippen LogP contribution in [0.25, 0.3) is 0 Å². The van der Waals surface area contributed by atoms with Gasteiger partial charge in [-0.3, -0.25) is 4.79 Å². The molecule has 1 amide bonds. The maximum Gasteiger partial charge on any atom is 0.221 e. The van der Waals surface area contributed by atoms with Gasteiger partial charge in [0.25, 0.3) is 0 Å². The lowest BCUT2D eigenvalue weighted by atomic mass is 9.79. The fourth-order valence-corrected chi connectivity index (χ4v) is 2.43. The van der Waals surface area contributed by atoms with Gasteiger partial charge in [-0.05, 0) is 26.3 Å². The Labute approximate surface area is 98.7 Å². The van der Waals surface area contributed by atoms with Gasteiger partial charge >= 0.3 is 0 Å². The second kappa shape index (κ2) is 6.69. The molecule has 0 unspecified atom stereocenters. The summed E-state index contributed by atoms with van der Waals surface area (Å²) in [6, 6.07) is 0. The van der Waals surface area contributed by atoms with E-state index in [2.05, 4.69) is 17.2 Å². The number of carbonyl (C=O) groups is 1. The van der Waals surface area contributed by atoms with Gasteiger partial charge in [0, 0.05) is 18.5 Å². The Morgan fingerprint density at radius 3 is 2.62 bits per heavy atom. The van der Waals surface area contributed by atoms with Crippen molar-refractivity contribution in [2.75, 3.05) is 13.6 Å². The molecule has 0 atom stereocenters. The summed E-state index contributed by atoms with van der Waals surface area (Å²) >= 11 is 0. The molecule has 0 spiro atoms. The van der Waals surface area contributed by atoms with E-state index in [-0.39, 0.29) is 11.4 Å². The predicted octanol–water partition coefficient (Wildman–Crippen LogP) is 1.99. The van der Waals surface area contributed by atoms with Gasteiger partial charge in [0.2, 0.25) is 5.91 Å². The van der Waals surface area contributed by atoms with Crippen LogP contribution in [-0.2, 0) is 4.79 Å². The second-order valence-electron chi connectivity index (χ2n) is 4.70. The summed E-state index contributed by atoms with van der Waals surface area (Å²) in [5.41, 5.74) is 0.0521. The number of hydrogen-bond donors (Lipinski definition) is 2. The van der Waals surface area contributed by atoms with E-state index in [0.29, 0.717) is 13.0 Å². The first-order valence-electron chi connectivity index (χ1n) is 6.29. The van der Waals surface area contributed by atoms with Crippen molar-refractivity contribution in [1.29, 1.82) is 0 Å². The Morgan fingerprint density at radius 1 is 1.38 bits per heavy atom. The maximum atomic E-state index is 11.8. The molecule has 16 heavy (non-hydrogen) atoms. The van der Waals surface area contributed by atoms with Gasteiger partial charge in [-0.25, -0.2) is 0 Å². The average Bonchev–Trinajstić information content (AvgIpc) is 2.30. The van der Waals surface area contributed by atoms with E-state index in [1.165, 1.54) is 19.3 Å².